The highest BCUT2D eigenvalue weighted by Gasteiger charge is 2.43. The third-order valence-corrected chi connectivity index (χ3v) is 5.53. The van der Waals surface area contributed by atoms with Crippen LogP contribution in [0.1, 0.15) is 38.7 Å². The molecule has 148 valence electrons. The first-order valence-corrected chi connectivity index (χ1v) is 10.1. The van der Waals surface area contributed by atoms with E-state index < -0.39 is 5.41 Å². The molecule has 0 spiro atoms. The van der Waals surface area contributed by atoms with Crippen molar-refractivity contribution in [1.82, 2.24) is 15.2 Å². The lowest BCUT2D eigenvalue weighted by Gasteiger charge is -2.42. The van der Waals surface area contributed by atoms with Crippen LogP contribution in [-0.2, 0) is 16.0 Å². The zero-order valence-electron chi connectivity index (χ0n) is 16.8. The summed E-state index contributed by atoms with van der Waals surface area (Å²) in [6.45, 7) is 5.64. The number of pyridine rings is 1. The van der Waals surface area contributed by atoms with Gasteiger partial charge in [0.05, 0.1) is 5.41 Å². The van der Waals surface area contributed by atoms with E-state index in [1.807, 2.05) is 36.9 Å². The third kappa shape index (κ3) is 4.41. The normalized spacial score (nSPS) is 19.3. The highest BCUT2D eigenvalue weighted by Crippen LogP contribution is 2.35. The van der Waals surface area contributed by atoms with Crippen molar-refractivity contribution in [2.24, 2.45) is 5.41 Å². The Labute approximate surface area is 167 Å². The molecule has 0 radical (unpaired) electrons. The summed E-state index contributed by atoms with van der Waals surface area (Å²) in [5.41, 5.74) is 2.76. The monoisotopic (exact) mass is 379 g/mol. The van der Waals surface area contributed by atoms with Gasteiger partial charge in [0.1, 0.15) is 0 Å². The van der Waals surface area contributed by atoms with Gasteiger partial charge in [-0.15, -0.1) is 0 Å². The second-order valence-electron chi connectivity index (χ2n) is 7.53. The minimum Gasteiger partial charge on any atom is -0.356 e. The molecule has 2 amide bonds. The number of carbonyl (C=O) groups is 2. The van der Waals surface area contributed by atoms with E-state index in [4.69, 9.17) is 0 Å². The van der Waals surface area contributed by atoms with Crippen LogP contribution in [0.5, 0.6) is 0 Å². The topological polar surface area (TPSA) is 62.3 Å². The van der Waals surface area contributed by atoms with E-state index >= 15 is 0 Å². The van der Waals surface area contributed by atoms with E-state index in [1.165, 1.54) is 0 Å². The molecule has 5 nitrogen and oxygen atoms in total. The fourth-order valence-corrected chi connectivity index (χ4v) is 4.12. The molecule has 0 saturated carbocycles. The van der Waals surface area contributed by atoms with Crippen LogP contribution in [0.25, 0.3) is 11.1 Å². The van der Waals surface area contributed by atoms with Gasteiger partial charge in [0.2, 0.25) is 11.8 Å². The highest BCUT2D eigenvalue weighted by atomic mass is 16.2. The number of rotatable bonds is 6. The van der Waals surface area contributed by atoms with E-state index in [0.717, 1.165) is 36.1 Å². The molecule has 1 aliphatic rings. The van der Waals surface area contributed by atoms with E-state index in [0.29, 0.717) is 25.9 Å². The van der Waals surface area contributed by atoms with Crippen LogP contribution in [0.15, 0.2) is 48.8 Å². The minimum atomic E-state index is -0.573. The van der Waals surface area contributed by atoms with Gasteiger partial charge in [0, 0.05) is 38.4 Å². The van der Waals surface area contributed by atoms with Crippen LogP contribution in [-0.4, -0.2) is 41.3 Å². The molecule has 1 aromatic heterocycles. The number of likely N-dealkylation sites (tertiary alicyclic amines) is 1. The SMILES string of the molecule is CCNC(=O)[C@@]1(Cc2cccc(-c3ccncc3)c2)CCCN(C(=O)CC)C1. The number of hydrogen-bond acceptors (Lipinski definition) is 3. The fraction of sp³-hybridized carbons (Fsp3) is 0.435. The molecule has 1 N–H and O–H groups in total. The van der Waals surface area contributed by atoms with Gasteiger partial charge < -0.3 is 10.2 Å². The third-order valence-electron chi connectivity index (χ3n) is 5.53. The Morgan fingerprint density at radius 2 is 1.93 bits per heavy atom. The second-order valence-corrected chi connectivity index (χ2v) is 7.53. The zero-order valence-corrected chi connectivity index (χ0v) is 16.8. The molecule has 0 bridgehead atoms. The smallest absolute Gasteiger partial charge is 0.228 e. The van der Waals surface area contributed by atoms with E-state index in [2.05, 4.69) is 28.5 Å². The predicted molar refractivity (Wildman–Crippen MR) is 111 cm³/mol. The maximum atomic E-state index is 13.1. The Balaban J connectivity index is 1.90. The number of amides is 2. The summed E-state index contributed by atoms with van der Waals surface area (Å²) in [5.74, 6) is 0.178. The van der Waals surface area contributed by atoms with Gasteiger partial charge in [-0.3, -0.25) is 14.6 Å². The minimum absolute atomic E-state index is 0.0536. The number of benzene rings is 1. The number of piperidine rings is 1. The van der Waals surface area contributed by atoms with Crippen molar-refractivity contribution in [3.63, 3.8) is 0 Å². The van der Waals surface area contributed by atoms with Gasteiger partial charge in [-0.1, -0.05) is 31.2 Å². The summed E-state index contributed by atoms with van der Waals surface area (Å²) < 4.78 is 0. The van der Waals surface area contributed by atoms with Crippen molar-refractivity contribution in [3.8, 4) is 11.1 Å². The zero-order chi connectivity index (χ0) is 20.0. The van der Waals surface area contributed by atoms with Crippen LogP contribution >= 0.6 is 0 Å². The second kappa shape index (κ2) is 9.00. The van der Waals surface area contributed by atoms with E-state index in [9.17, 15) is 9.59 Å². The lowest BCUT2D eigenvalue weighted by atomic mass is 9.74. The molecular weight excluding hydrogens is 350 g/mol. The van der Waals surface area contributed by atoms with Gasteiger partial charge in [-0.25, -0.2) is 0 Å². The summed E-state index contributed by atoms with van der Waals surface area (Å²) in [7, 11) is 0. The average molecular weight is 380 g/mol. The number of aromatic nitrogens is 1. The summed E-state index contributed by atoms with van der Waals surface area (Å²) in [6, 6.07) is 12.3. The van der Waals surface area contributed by atoms with Gasteiger partial charge in [-0.2, -0.15) is 0 Å². The highest BCUT2D eigenvalue weighted by molar-refractivity contribution is 5.85. The number of nitrogens with zero attached hydrogens (tertiary/aromatic N) is 2. The molecule has 0 unspecified atom stereocenters. The van der Waals surface area contributed by atoms with Crippen molar-refractivity contribution in [2.45, 2.75) is 39.5 Å². The van der Waals surface area contributed by atoms with Gasteiger partial charge in [0.25, 0.3) is 0 Å². The molecule has 1 saturated heterocycles. The first-order chi connectivity index (χ1) is 13.6. The van der Waals surface area contributed by atoms with Gasteiger partial charge in [0.15, 0.2) is 0 Å². The van der Waals surface area contributed by atoms with Crippen LogP contribution in [0.4, 0.5) is 0 Å². The fourth-order valence-electron chi connectivity index (χ4n) is 4.12. The van der Waals surface area contributed by atoms with Crippen LogP contribution < -0.4 is 5.32 Å². The largest absolute Gasteiger partial charge is 0.356 e. The molecule has 2 heterocycles. The maximum absolute atomic E-state index is 13.1. The average Bonchev–Trinajstić information content (AvgIpc) is 2.74. The van der Waals surface area contributed by atoms with Gasteiger partial charge >= 0.3 is 0 Å². The quantitative estimate of drug-likeness (QED) is 0.836. The summed E-state index contributed by atoms with van der Waals surface area (Å²) in [5, 5.41) is 3.01. The van der Waals surface area contributed by atoms with Crippen LogP contribution in [0.3, 0.4) is 0 Å². The van der Waals surface area contributed by atoms with Crippen molar-refractivity contribution in [1.29, 1.82) is 0 Å². The molecule has 1 aliphatic heterocycles. The Kier molecular flexibility index (Phi) is 6.45. The maximum Gasteiger partial charge on any atom is 0.228 e. The Hall–Kier alpha value is -2.69. The Morgan fingerprint density at radius 1 is 1.14 bits per heavy atom. The Bertz CT molecular complexity index is 822. The van der Waals surface area contributed by atoms with Crippen molar-refractivity contribution in [2.75, 3.05) is 19.6 Å². The van der Waals surface area contributed by atoms with Crippen LogP contribution in [0.2, 0.25) is 0 Å². The molecule has 28 heavy (non-hydrogen) atoms. The van der Waals surface area contributed by atoms with E-state index in [-0.39, 0.29) is 11.8 Å². The van der Waals surface area contributed by atoms with E-state index in [1.54, 1.807) is 12.4 Å². The number of carbonyl (C=O) groups excluding carboxylic acids is 2. The van der Waals surface area contributed by atoms with Gasteiger partial charge in [-0.05, 0) is 55.0 Å². The Morgan fingerprint density at radius 3 is 2.64 bits per heavy atom. The molecular formula is C23H29N3O2. The molecule has 0 aliphatic carbocycles. The molecule has 2 aromatic rings. The molecule has 1 fully saturated rings. The lowest BCUT2D eigenvalue weighted by molar-refractivity contribution is -0.141. The first-order valence-electron chi connectivity index (χ1n) is 10.1. The summed E-state index contributed by atoms with van der Waals surface area (Å²) >= 11 is 0. The van der Waals surface area contributed by atoms with Crippen LogP contribution in [0, 0.1) is 5.41 Å². The summed E-state index contributed by atoms with van der Waals surface area (Å²) in [4.78, 5) is 31.3. The molecule has 1 aromatic carbocycles. The van der Waals surface area contributed by atoms with Crippen molar-refractivity contribution < 1.29 is 9.59 Å². The first kappa shape index (κ1) is 20.1. The summed E-state index contributed by atoms with van der Waals surface area (Å²) in [6.07, 6.45) is 6.33. The molecule has 5 heteroatoms. The van der Waals surface area contributed by atoms with Crippen molar-refractivity contribution in [3.05, 3.63) is 54.4 Å². The number of nitrogens with one attached hydrogen (secondary N) is 1. The number of hydrogen-bond donors (Lipinski definition) is 1. The lowest BCUT2D eigenvalue weighted by Crippen LogP contribution is -2.54. The molecule has 3 rings (SSSR count). The molecule has 1 atom stereocenters. The standard InChI is InChI=1S/C23H29N3O2/c1-3-21(27)26-14-6-11-23(17-26,22(28)25-4-2)16-18-7-5-8-20(15-18)19-9-12-24-13-10-19/h5,7-10,12-13,15H,3-4,6,11,14,16-17H2,1-2H3,(H,25,28)/t23-/m1/s1. The predicted octanol–water partition coefficient (Wildman–Crippen LogP) is 3.45. The van der Waals surface area contributed by atoms with Crippen molar-refractivity contribution >= 4 is 11.8 Å².